The van der Waals surface area contributed by atoms with Gasteiger partial charge in [-0.3, -0.25) is 9.48 Å². The van der Waals surface area contributed by atoms with Gasteiger partial charge in [-0.25, -0.2) is 0 Å². The van der Waals surface area contributed by atoms with Gasteiger partial charge < -0.3 is 9.67 Å². The number of carboxylic acid groups (broad SMARTS) is 1. The fraction of sp³-hybridized carbons (Fsp3) is 0.500. The van der Waals surface area contributed by atoms with E-state index in [2.05, 4.69) is 15.3 Å². The summed E-state index contributed by atoms with van der Waals surface area (Å²) in [6.07, 6.45) is 3.62. The van der Waals surface area contributed by atoms with Crippen molar-refractivity contribution in [3.63, 3.8) is 0 Å². The number of carbonyl (C=O) groups is 1. The second-order valence-electron chi connectivity index (χ2n) is 4.60. The van der Waals surface area contributed by atoms with E-state index >= 15 is 0 Å². The van der Waals surface area contributed by atoms with Crippen LogP contribution >= 0.6 is 11.8 Å². The summed E-state index contributed by atoms with van der Waals surface area (Å²) in [6, 6.07) is 1.87. The van der Waals surface area contributed by atoms with E-state index in [9.17, 15) is 4.79 Å². The van der Waals surface area contributed by atoms with Gasteiger partial charge in [0.15, 0.2) is 5.16 Å². The molecule has 0 aliphatic heterocycles. The van der Waals surface area contributed by atoms with Crippen LogP contribution in [0.2, 0.25) is 0 Å². The number of hydrogen-bond acceptors (Lipinski definition) is 5. The van der Waals surface area contributed by atoms with Crippen LogP contribution < -0.4 is 0 Å². The molecule has 108 valence electrons. The second-order valence-corrected chi connectivity index (χ2v) is 5.54. The summed E-state index contributed by atoms with van der Waals surface area (Å²) >= 11 is 1.19. The normalized spacial score (nSPS) is 11.2. The van der Waals surface area contributed by atoms with Crippen LogP contribution in [0.4, 0.5) is 0 Å². The Balaban J connectivity index is 2.13. The van der Waals surface area contributed by atoms with Crippen LogP contribution in [0.1, 0.15) is 25.6 Å². The highest BCUT2D eigenvalue weighted by molar-refractivity contribution is 7.99. The molecule has 0 spiro atoms. The standard InChI is InChI=1S/C12H17N5O2S/c1-9(2)11-14-15-12(20-8-10(18)19)17(11)7-6-16-5-3-4-13-16/h3-5,9H,6-8H2,1-2H3,(H,18,19). The predicted molar refractivity (Wildman–Crippen MR) is 74.7 cm³/mol. The summed E-state index contributed by atoms with van der Waals surface area (Å²) in [4.78, 5) is 10.7. The number of aromatic nitrogens is 5. The highest BCUT2D eigenvalue weighted by Crippen LogP contribution is 2.21. The van der Waals surface area contributed by atoms with Crippen molar-refractivity contribution in [2.45, 2.75) is 38.0 Å². The second kappa shape index (κ2) is 6.56. The fourth-order valence-corrected chi connectivity index (χ4v) is 2.50. The molecule has 8 heteroatoms. The molecule has 20 heavy (non-hydrogen) atoms. The van der Waals surface area contributed by atoms with Crippen LogP contribution in [0.15, 0.2) is 23.6 Å². The Morgan fingerprint density at radius 3 is 2.80 bits per heavy atom. The number of aryl methyl sites for hydroxylation is 1. The summed E-state index contributed by atoms with van der Waals surface area (Å²) in [6.45, 7) is 5.45. The lowest BCUT2D eigenvalue weighted by Crippen LogP contribution is -2.13. The average Bonchev–Trinajstić information content (AvgIpc) is 3.03. The number of aliphatic carboxylic acids is 1. The van der Waals surface area contributed by atoms with Gasteiger partial charge in [-0.1, -0.05) is 25.6 Å². The molecule has 0 fully saturated rings. The molecule has 0 unspecified atom stereocenters. The minimum atomic E-state index is -0.859. The van der Waals surface area contributed by atoms with Gasteiger partial charge in [-0.2, -0.15) is 5.10 Å². The topological polar surface area (TPSA) is 85.8 Å². The van der Waals surface area contributed by atoms with E-state index in [4.69, 9.17) is 5.11 Å². The Bertz CT molecular complexity index is 564. The van der Waals surface area contributed by atoms with Gasteiger partial charge >= 0.3 is 5.97 Å². The van der Waals surface area contributed by atoms with E-state index < -0.39 is 5.97 Å². The van der Waals surface area contributed by atoms with Gasteiger partial charge in [-0.15, -0.1) is 10.2 Å². The first-order valence-corrected chi connectivity index (χ1v) is 7.31. The molecule has 0 aliphatic carbocycles. The van der Waals surface area contributed by atoms with Gasteiger partial charge in [-0.05, 0) is 6.07 Å². The molecular weight excluding hydrogens is 278 g/mol. The zero-order valence-corrected chi connectivity index (χ0v) is 12.2. The van der Waals surface area contributed by atoms with E-state index in [1.54, 1.807) is 6.20 Å². The third-order valence-corrected chi connectivity index (χ3v) is 3.65. The lowest BCUT2D eigenvalue weighted by atomic mass is 10.2. The van der Waals surface area contributed by atoms with E-state index in [-0.39, 0.29) is 11.7 Å². The number of thioether (sulfide) groups is 1. The van der Waals surface area contributed by atoms with Crippen LogP contribution in [0, 0.1) is 0 Å². The molecule has 7 nitrogen and oxygen atoms in total. The molecule has 0 amide bonds. The Labute approximate surface area is 121 Å². The Kier molecular flexibility index (Phi) is 4.78. The SMILES string of the molecule is CC(C)c1nnc(SCC(=O)O)n1CCn1cccn1. The Morgan fingerprint density at radius 1 is 1.40 bits per heavy atom. The largest absolute Gasteiger partial charge is 0.481 e. The molecule has 2 heterocycles. The Morgan fingerprint density at radius 2 is 2.20 bits per heavy atom. The monoisotopic (exact) mass is 295 g/mol. The number of hydrogen-bond donors (Lipinski definition) is 1. The van der Waals surface area contributed by atoms with Crippen LogP contribution in [0.5, 0.6) is 0 Å². The molecule has 1 N–H and O–H groups in total. The molecule has 0 radical (unpaired) electrons. The lowest BCUT2D eigenvalue weighted by molar-refractivity contribution is -0.133. The van der Waals surface area contributed by atoms with E-state index in [1.807, 2.05) is 35.4 Å². The number of nitrogens with zero attached hydrogens (tertiary/aromatic N) is 5. The van der Waals surface area contributed by atoms with Gasteiger partial charge in [0.25, 0.3) is 0 Å². The number of carboxylic acids is 1. The minimum absolute atomic E-state index is 0.0159. The van der Waals surface area contributed by atoms with Crippen molar-refractivity contribution in [3.8, 4) is 0 Å². The van der Waals surface area contributed by atoms with Gasteiger partial charge in [0.05, 0.1) is 12.3 Å². The highest BCUT2D eigenvalue weighted by atomic mass is 32.2. The highest BCUT2D eigenvalue weighted by Gasteiger charge is 2.16. The summed E-state index contributed by atoms with van der Waals surface area (Å²) in [7, 11) is 0. The van der Waals surface area contributed by atoms with E-state index in [1.165, 1.54) is 11.8 Å². The molecule has 2 aromatic heterocycles. The van der Waals surface area contributed by atoms with Crippen molar-refractivity contribution >= 4 is 17.7 Å². The summed E-state index contributed by atoms with van der Waals surface area (Å²) < 4.78 is 3.80. The van der Waals surface area contributed by atoms with E-state index in [0.717, 1.165) is 5.82 Å². The Hall–Kier alpha value is -1.83. The quantitative estimate of drug-likeness (QED) is 0.779. The molecule has 0 aromatic carbocycles. The molecule has 0 saturated heterocycles. The van der Waals surface area contributed by atoms with E-state index in [0.29, 0.717) is 18.2 Å². The maximum atomic E-state index is 10.7. The zero-order valence-electron chi connectivity index (χ0n) is 11.4. The lowest BCUT2D eigenvalue weighted by Gasteiger charge is -2.11. The average molecular weight is 295 g/mol. The molecule has 0 atom stereocenters. The van der Waals surface area contributed by atoms with Crippen molar-refractivity contribution in [3.05, 3.63) is 24.3 Å². The summed E-state index contributed by atoms with van der Waals surface area (Å²) in [5.41, 5.74) is 0. The number of rotatable bonds is 7. The van der Waals surface area contributed by atoms with Gasteiger partial charge in [0, 0.05) is 24.9 Å². The van der Waals surface area contributed by atoms with Gasteiger partial charge in [0.1, 0.15) is 5.82 Å². The maximum Gasteiger partial charge on any atom is 0.313 e. The van der Waals surface area contributed by atoms with Gasteiger partial charge in [0.2, 0.25) is 0 Å². The smallest absolute Gasteiger partial charge is 0.313 e. The molecule has 2 rings (SSSR count). The minimum Gasteiger partial charge on any atom is -0.481 e. The summed E-state index contributed by atoms with van der Waals surface area (Å²) in [5, 5.41) is 21.8. The first-order valence-electron chi connectivity index (χ1n) is 6.33. The van der Waals surface area contributed by atoms with Crippen LogP contribution in [0.25, 0.3) is 0 Å². The molecular formula is C12H17N5O2S. The third-order valence-electron chi connectivity index (χ3n) is 2.70. The van der Waals surface area contributed by atoms with Crippen molar-refractivity contribution in [1.82, 2.24) is 24.5 Å². The van der Waals surface area contributed by atoms with Crippen molar-refractivity contribution < 1.29 is 9.90 Å². The van der Waals surface area contributed by atoms with Crippen molar-refractivity contribution in [2.24, 2.45) is 0 Å². The fourth-order valence-electron chi connectivity index (χ4n) is 1.81. The van der Waals surface area contributed by atoms with Crippen LogP contribution in [0.3, 0.4) is 0 Å². The molecule has 0 aliphatic rings. The zero-order chi connectivity index (χ0) is 14.5. The van der Waals surface area contributed by atoms with Crippen LogP contribution in [-0.4, -0.2) is 41.4 Å². The molecule has 0 bridgehead atoms. The summed E-state index contributed by atoms with van der Waals surface area (Å²) in [5.74, 6) is 0.227. The molecule has 0 saturated carbocycles. The molecule has 2 aromatic rings. The van der Waals surface area contributed by atoms with Crippen molar-refractivity contribution in [2.75, 3.05) is 5.75 Å². The van der Waals surface area contributed by atoms with Crippen molar-refractivity contribution in [1.29, 1.82) is 0 Å². The first kappa shape index (κ1) is 14.6. The third kappa shape index (κ3) is 3.60. The van der Waals surface area contributed by atoms with Crippen LogP contribution in [-0.2, 0) is 17.9 Å². The predicted octanol–water partition coefficient (Wildman–Crippen LogP) is 1.47. The maximum absolute atomic E-state index is 10.7. The first-order chi connectivity index (χ1) is 9.58.